The van der Waals surface area contributed by atoms with E-state index in [1.165, 1.54) is 18.4 Å². The molecule has 30 heavy (non-hydrogen) atoms. The molecule has 3 saturated carbocycles. The first-order chi connectivity index (χ1) is 14.0. The van der Waals surface area contributed by atoms with Gasteiger partial charge in [0, 0.05) is 12.8 Å². The van der Waals surface area contributed by atoms with E-state index in [0.29, 0.717) is 37.0 Å². The third-order valence-corrected chi connectivity index (χ3v) is 8.34. The van der Waals surface area contributed by atoms with E-state index in [4.69, 9.17) is 0 Å². The fourth-order valence-electron chi connectivity index (χ4n) is 6.70. The summed E-state index contributed by atoms with van der Waals surface area (Å²) in [6.45, 7) is 13.3. The summed E-state index contributed by atoms with van der Waals surface area (Å²) in [6.07, 6.45) is 12.2. The average molecular weight is 419 g/mol. The smallest absolute Gasteiger partial charge is 0.166 e. The van der Waals surface area contributed by atoms with E-state index < -0.39 is 12.0 Å². The van der Waals surface area contributed by atoms with Gasteiger partial charge in [0.1, 0.15) is 6.17 Å². The van der Waals surface area contributed by atoms with Gasteiger partial charge in [-0.3, -0.25) is 0 Å². The van der Waals surface area contributed by atoms with E-state index in [9.17, 15) is 10.2 Å². The molecule has 1 unspecified atom stereocenters. The molecule has 0 aromatic rings. The van der Waals surface area contributed by atoms with E-state index >= 15 is 4.39 Å². The maximum absolute atomic E-state index is 15.4. The summed E-state index contributed by atoms with van der Waals surface area (Å²) in [6, 6.07) is 0. The van der Waals surface area contributed by atoms with Crippen LogP contribution in [0.3, 0.4) is 0 Å². The van der Waals surface area contributed by atoms with E-state index in [1.807, 2.05) is 6.08 Å². The lowest BCUT2D eigenvalue weighted by Gasteiger charge is -2.44. The maximum atomic E-state index is 15.4. The number of hydrogen-bond acceptors (Lipinski definition) is 2. The molecule has 0 spiro atoms. The van der Waals surface area contributed by atoms with Crippen LogP contribution in [0.1, 0.15) is 91.9 Å². The summed E-state index contributed by atoms with van der Waals surface area (Å²) in [5.41, 5.74) is 3.33. The SMILES string of the molecule is C=C1CCC(O)(O)C/C1=C/C=C1\CCC[C@@]2(C)[C@@H]([C@H](C)CCCC(C)C)C(F)C[C@@H]12. The molecule has 5 atom stereocenters. The molecule has 2 N–H and O–H groups in total. The third-order valence-electron chi connectivity index (χ3n) is 8.34. The van der Waals surface area contributed by atoms with Crippen LogP contribution in [-0.2, 0) is 0 Å². The van der Waals surface area contributed by atoms with Crippen molar-refractivity contribution in [1.82, 2.24) is 0 Å². The van der Waals surface area contributed by atoms with Crippen molar-refractivity contribution in [1.29, 1.82) is 0 Å². The minimum Gasteiger partial charge on any atom is -0.365 e. The molecule has 0 radical (unpaired) electrons. The van der Waals surface area contributed by atoms with Gasteiger partial charge in [-0.25, -0.2) is 4.39 Å². The van der Waals surface area contributed by atoms with Crippen LogP contribution < -0.4 is 0 Å². The predicted octanol–water partition coefficient (Wildman–Crippen LogP) is 6.89. The molecule has 0 amide bonds. The van der Waals surface area contributed by atoms with E-state index in [0.717, 1.165) is 36.8 Å². The van der Waals surface area contributed by atoms with Crippen molar-refractivity contribution in [2.75, 3.05) is 0 Å². The van der Waals surface area contributed by atoms with Gasteiger partial charge in [-0.2, -0.15) is 0 Å². The Labute approximate surface area is 183 Å². The van der Waals surface area contributed by atoms with Crippen LogP contribution in [0, 0.1) is 29.1 Å². The monoisotopic (exact) mass is 418 g/mol. The minimum atomic E-state index is -1.62. The second-order valence-corrected chi connectivity index (χ2v) is 11.2. The van der Waals surface area contributed by atoms with Crippen molar-refractivity contribution >= 4 is 0 Å². The molecule has 3 aliphatic rings. The molecule has 0 aliphatic heterocycles. The van der Waals surface area contributed by atoms with Gasteiger partial charge in [0.05, 0.1) is 0 Å². The Morgan fingerprint density at radius 3 is 2.57 bits per heavy atom. The number of halogens is 1. The Balaban J connectivity index is 1.77. The third kappa shape index (κ3) is 5.10. The summed E-state index contributed by atoms with van der Waals surface area (Å²) < 4.78 is 15.4. The van der Waals surface area contributed by atoms with Crippen molar-refractivity contribution in [2.45, 2.75) is 104 Å². The van der Waals surface area contributed by atoms with Gasteiger partial charge in [0.2, 0.25) is 0 Å². The van der Waals surface area contributed by atoms with Crippen LogP contribution in [0.25, 0.3) is 0 Å². The Hall–Kier alpha value is -0.930. The highest BCUT2D eigenvalue weighted by atomic mass is 19.1. The van der Waals surface area contributed by atoms with Gasteiger partial charge in [-0.05, 0) is 66.8 Å². The van der Waals surface area contributed by atoms with Crippen molar-refractivity contribution < 1.29 is 14.6 Å². The molecule has 0 saturated heterocycles. The fraction of sp³-hybridized carbons (Fsp3) is 0.778. The van der Waals surface area contributed by atoms with Crippen molar-refractivity contribution in [3.8, 4) is 0 Å². The molecular formula is C27H43FO2. The predicted molar refractivity (Wildman–Crippen MR) is 123 cm³/mol. The number of rotatable bonds is 6. The number of fused-ring (bicyclic) bond motifs is 1. The standard InChI is InChI=1S/C27H43FO2/c1-18(2)8-6-9-20(4)25-24(28)16-23-21(10-7-14-26(23,25)5)11-12-22-17-27(29,30)15-13-19(22)3/h11-12,18,20,23-25,29-30H,3,6-10,13-17H2,1-2,4-5H3/b21-11+,22-12-/t20-,23+,24?,25+,26-/m1/s1. The largest absolute Gasteiger partial charge is 0.365 e. The van der Waals surface area contributed by atoms with Crippen molar-refractivity contribution in [3.63, 3.8) is 0 Å². The highest BCUT2D eigenvalue weighted by Gasteiger charge is 2.55. The topological polar surface area (TPSA) is 40.5 Å². The van der Waals surface area contributed by atoms with Crippen LogP contribution in [-0.4, -0.2) is 22.2 Å². The highest BCUT2D eigenvalue weighted by Crippen LogP contribution is 2.60. The van der Waals surface area contributed by atoms with Gasteiger partial charge in [0.15, 0.2) is 5.79 Å². The molecular weight excluding hydrogens is 375 g/mol. The lowest BCUT2D eigenvalue weighted by atomic mass is 9.60. The molecule has 3 heteroatoms. The minimum absolute atomic E-state index is 0.0422. The number of hydrogen-bond donors (Lipinski definition) is 2. The first-order valence-corrected chi connectivity index (χ1v) is 12.2. The molecule has 170 valence electrons. The average Bonchev–Trinajstić information content (AvgIpc) is 2.92. The Bertz CT molecular complexity index is 689. The lowest BCUT2D eigenvalue weighted by Crippen LogP contribution is -2.37. The summed E-state index contributed by atoms with van der Waals surface area (Å²) >= 11 is 0. The molecule has 3 fully saturated rings. The van der Waals surface area contributed by atoms with Gasteiger partial charge < -0.3 is 10.2 Å². The summed E-state index contributed by atoms with van der Waals surface area (Å²) in [7, 11) is 0. The lowest BCUT2D eigenvalue weighted by molar-refractivity contribution is -0.166. The number of alkyl halides is 1. The quantitative estimate of drug-likeness (QED) is 0.461. The summed E-state index contributed by atoms with van der Waals surface area (Å²) in [5.74, 6) is -0.0260. The van der Waals surface area contributed by atoms with Gasteiger partial charge in [0.25, 0.3) is 0 Å². The Morgan fingerprint density at radius 1 is 1.13 bits per heavy atom. The molecule has 0 aromatic heterocycles. The van der Waals surface area contributed by atoms with Crippen LogP contribution in [0.5, 0.6) is 0 Å². The van der Waals surface area contributed by atoms with Gasteiger partial charge in [-0.1, -0.05) is 76.8 Å². The number of aliphatic hydroxyl groups is 2. The van der Waals surface area contributed by atoms with Gasteiger partial charge >= 0.3 is 0 Å². The molecule has 3 rings (SSSR count). The second-order valence-electron chi connectivity index (χ2n) is 11.2. The molecule has 0 bridgehead atoms. The fourth-order valence-corrected chi connectivity index (χ4v) is 6.70. The first-order valence-electron chi connectivity index (χ1n) is 12.2. The molecule has 0 aromatic carbocycles. The Kier molecular flexibility index (Phi) is 7.34. The van der Waals surface area contributed by atoms with E-state index in [1.54, 1.807) is 0 Å². The zero-order valence-electron chi connectivity index (χ0n) is 19.6. The normalized spacial score (nSPS) is 37.7. The van der Waals surface area contributed by atoms with Crippen LogP contribution in [0.15, 0.2) is 35.5 Å². The zero-order valence-corrected chi connectivity index (χ0v) is 19.6. The van der Waals surface area contributed by atoms with E-state index in [2.05, 4.69) is 40.3 Å². The summed E-state index contributed by atoms with van der Waals surface area (Å²) in [4.78, 5) is 0. The first kappa shape index (κ1) is 23.7. The van der Waals surface area contributed by atoms with Crippen molar-refractivity contribution in [2.24, 2.45) is 29.1 Å². The molecule has 3 aliphatic carbocycles. The second kappa shape index (κ2) is 9.28. The van der Waals surface area contributed by atoms with Crippen LogP contribution >= 0.6 is 0 Å². The van der Waals surface area contributed by atoms with Crippen LogP contribution in [0.2, 0.25) is 0 Å². The number of allylic oxidation sites excluding steroid dienone is 4. The maximum Gasteiger partial charge on any atom is 0.166 e. The zero-order chi connectivity index (χ0) is 22.1. The van der Waals surface area contributed by atoms with Crippen LogP contribution in [0.4, 0.5) is 4.39 Å². The summed E-state index contributed by atoms with van der Waals surface area (Å²) in [5, 5.41) is 20.1. The van der Waals surface area contributed by atoms with E-state index in [-0.39, 0.29) is 17.8 Å². The molecule has 0 heterocycles. The Morgan fingerprint density at radius 2 is 1.87 bits per heavy atom. The highest BCUT2D eigenvalue weighted by molar-refractivity contribution is 5.37. The van der Waals surface area contributed by atoms with Crippen molar-refractivity contribution in [3.05, 3.63) is 35.5 Å². The van der Waals surface area contributed by atoms with Gasteiger partial charge in [-0.15, -0.1) is 0 Å². The molecule has 2 nitrogen and oxygen atoms in total.